The zero-order valence-electron chi connectivity index (χ0n) is 15.4. The van der Waals surface area contributed by atoms with Crippen molar-refractivity contribution in [3.05, 3.63) is 60.2 Å². The average molecular weight is 364 g/mol. The molecule has 27 heavy (non-hydrogen) atoms. The molecule has 0 aliphatic carbocycles. The largest absolute Gasteiger partial charge is 0.497 e. The van der Waals surface area contributed by atoms with Crippen molar-refractivity contribution in [1.82, 2.24) is 15.0 Å². The summed E-state index contributed by atoms with van der Waals surface area (Å²) in [5.41, 5.74) is 3.51. The second kappa shape index (κ2) is 8.27. The molecule has 0 spiro atoms. The lowest BCUT2D eigenvalue weighted by molar-refractivity contribution is 0.0525. The third-order valence-corrected chi connectivity index (χ3v) is 3.91. The zero-order valence-corrected chi connectivity index (χ0v) is 15.4. The van der Waals surface area contributed by atoms with Crippen LogP contribution >= 0.6 is 0 Å². The van der Waals surface area contributed by atoms with Crippen LogP contribution < -0.4 is 10.1 Å². The molecule has 0 unspecified atom stereocenters. The first-order chi connectivity index (χ1) is 13.1. The van der Waals surface area contributed by atoms with Gasteiger partial charge in [-0.3, -0.25) is 4.98 Å². The molecule has 3 rings (SSSR count). The van der Waals surface area contributed by atoms with Crippen molar-refractivity contribution in [2.24, 2.45) is 0 Å². The minimum Gasteiger partial charge on any atom is -0.497 e. The van der Waals surface area contributed by atoms with E-state index in [1.54, 1.807) is 45.6 Å². The molecule has 2 aromatic heterocycles. The number of aromatic nitrogens is 3. The number of rotatable bonds is 6. The molecule has 1 aromatic carbocycles. The SMILES string of the molecule is CCOC(=O)c1cc(Nc2ncc(-c3ccc(OC)cc3)cn2)cnc1C. The molecule has 0 bridgehead atoms. The molecule has 0 aliphatic rings. The Morgan fingerprint density at radius 3 is 2.37 bits per heavy atom. The van der Waals surface area contributed by atoms with Gasteiger partial charge in [0.15, 0.2) is 0 Å². The number of aryl methyl sites for hydroxylation is 1. The van der Waals surface area contributed by atoms with E-state index in [1.807, 2.05) is 24.3 Å². The molecule has 0 amide bonds. The number of ether oxygens (including phenoxy) is 2. The van der Waals surface area contributed by atoms with Gasteiger partial charge in [0.05, 0.1) is 36.9 Å². The summed E-state index contributed by atoms with van der Waals surface area (Å²) in [6.45, 7) is 3.84. The summed E-state index contributed by atoms with van der Waals surface area (Å²) in [6, 6.07) is 9.34. The lowest BCUT2D eigenvalue weighted by atomic mass is 10.1. The van der Waals surface area contributed by atoms with Crippen LogP contribution in [0, 0.1) is 6.92 Å². The van der Waals surface area contributed by atoms with E-state index in [2.05, 4.69) is 20.3 Å². The Morgan fingerprint density at radius 2 is 1.74 bits per heavy atom. The third-order valence-electron chi connectivity index (χ3n) is 3.91. The van der Waals surface area contributed by atoms with Gasteiger partial charge in [-0.15, -0.1) is 0 Å². The first kappa shape index (κ1) is 18.3. The molecule has 0 aliphatic heterocycles. The summed E-state index contributed by atoms with van der Waals surface area (Å²) in [5.74, 6) is 0.803. The van der Waals surface area contributed by atoms with Gasteiger partial charge in [0, 0.05) is 18.0 Å². The van der Waals surface area contributed by atoms with Crippen LogP contribution in [0.1, 0.15) is 23.0 Å². The van der Waals surface area contributed by atoms with Crippen molar-refractivity contribution in [2.75, 3.05) is 19.0 Å². The molecule has 138 valence electrons. The molecule has 0 radical (unpaired) electrons. The molecular weight excluding hydrogens is 344 g/mol. The van der Waals surface area contributed by atoms with Crippen LogP contribution in [0.15, 0.2) is 48.9 Å². The second-order valence-electron chi connectivity index (χ2n) is 5.73. The van der Waals surface area contributed by atoms with Crippen LogP contribution in [0.25, 0.3) is 11.1 Å². The number of methoxy groups -OCH3 is 1. The number of nitrogens with zero attached hydrogens (tertiary/aromatic N) is 3. The van der Waals surface area contributed by atoms with Crippen LogP contribution in [0.3, 0.4) is 0 Å². The van der Waals surface area contributed by atoms with Crippen molar-refractivity contribution in [3.63, 3.8) is 0 Å². The van der Waals surface area contributed by atoms with E-state index in [9.17, 15) is 4.79 Å². The molecular formula is C20H20N4O3. The van der Waals surface area contributed by atoms with E-state index in [0.717, 1.165) is 16.9 Å². The molecule has 0 fully saturated rings. The van der Waals surface area contributed by atoms with Gasteiger partial charge in [-0.25, -0.2) is 14.8 Å². The Bertz CT molecular complexity index is 925. The number of esters is 1. The molecule has 1 N–H and O–H groups in total. The molecule has 0 saturated carbocycles. The van der Waals surface area contributed by atoms with Crippen molar-refractivity contribution >= 4 is 17.6 Å². The highest BCUT2D eigenvalue weighted by Gasteiger charge is 2.12. The average Bonchev–Trinajstić information content (AvgIpc) is 2.70. The van der Waals surface area contributed by atoms with Crippen molar-refractivity contribution < 1.29 is 14.3 Å². The summed E-state index contributed by atoms with van der Waals surface area (Å²) in [5, 5.41) is 3.05. The molecule has 0 atom stereocenters. The topological polar surface area (TPSA) is 86.2 Å². The van der Waals surface area contributed by atoms with Crippen molar-refractivity contribution in [3.8, 4) is 16.9 Å². The van der Waals surface area contributed by atoms with E-state index >= 15 is 0 Å². The van der Waals surface area contributed by atoms with Gasteiger partial charge in [0.2, 0.25) is 5.95 Å². The van der Waals surface area contributed by atoms with Crippen LogP contribution in [0.2, 0.25) is 0 Å². The minimum absolute atomic E-state index is 0.311. The highest BCUT2D eigenvalue weighted by Crippen LogP contribution is 2.22. The number of benzene rings is 1. The highest BCUT2D eigenvalue weighted by molar-refractivity contribution is 5.91. The number of anilines is 2. The second-order valence-corrected chi connectivity index (χ2v) is 5.73. The molecule has 7 heteroatoms. The number of hydrogen-bond acceptors (Lipinski definition) is 7. The maximum Gasteiger partial charge on any atom is 0.340 e. The fourth-order valence-electron chi connectivity index (χ4n) is 2.47. The van der Waals surface area contributed by atoms with E-state index in [4.69, 9.17) is 9.47 Å². The molecule has 3 aromatic rings. The van der Waals surface area contributed by atoms with Gasteiger partial charge in [-0.1, -0.05) is 12.1 Å². The fraction of sp³-hybridized carbons (Fsp3) is 0.200. The minimum atomic E-state index is -0.401. The Hall–Kier alpha value is -3.48. The molecule has 0 saturated heterocycles. The smallest absolute Gasteiger partial charge is 0.340 e. The fourth-order valence-corrected chi connectivity index (χ4v) is 2.47. The van der Waals surface area contributed by atoms with Crippen LogP contribution in [-0.2, 0) is 4.74 Å². The third kappa shape index (κ3) is 4.38. The first-order valence-corrected chi connectivity index (χ1v) is 8.48. The number of hydrogen-bond donors (Lipinski definition) is 1. The van der Waals surface area contributed by atoms with Crippen molar-refractivity contribution in [2.45, 2.75) is 13.8 Å². The van der Waals surface area contributed by atoms with Crippen molar-refractivity contribution in [1.29, 1.82) is 0 Å². The summed E-state index contributed by atoms with van der Waals surface area (Å²) in [4.78, 5) is 24.9. The van der Waals surface area contributed by atoms with Crippen LogP contribution in [-0.4, -0.2) is 34.6 Å². The molecule has 7 nitrogen and oxygen atoms in total. The lowest BCUT2D eigenvalue weighted by Gasteiger charge is -2.09. The molecule has 2 heterocycles. The Kier molecular flexibility index (Phi) is 5.61. The van der Waals surface area contributed by atoms with Gasteiger partial charge < -0.3 is 14.8 Å². The number of carbonyl (C=O) groups is 1. The van der Waals surface area contributed by atoms with Gasteiger partial charge in [-0.2, -0.15) is 0 Å². The monoisotopic (exact) mass is 364 g/mol. The van der Waals surface area contributed by atoms with Crippen LogP contribution in [0.4, 0.5) is 11.6 Å². The Labute approximate surface area is 157 Å². The van der Waals surface area contributed by atoms with E-state index in [1.165, 1.54) is 0 Å². The maximum absolute atomic E-state index is 12.0. The summed E-state index contributed by atoms with van der Waals surface area (Å²) < 4.78 is 10.2. The summed E-state index contributed by atoms with van der Waals surface area (Å²) >= 11 is 0. The maximum atomic E-state index is 12.0. The standard InChI is InChI=1S/C20H20N4O3/c1-4-27-19(25)18-9-16(12-21-13(18)2)24-20-22-10-15(11-23-20)14-5-7-17(26-3)8-6-14/h5-12H,4H2,1-3H3,(H,22,23,24). The predicted molar refractivity (Wildman–Crippen MR) is 102 cm³/mol. The lowest BCUT2D eigenvalue weighted by Crippen LogP contribution is -2.09. The van der Waals surface area contributed by atoms with Gasteiger partial charge in [0.25, 0.3) is 0 Å². The quantitative estimate of drug-likeness (QED) is 0.666. The number of nitrogens with one attached hydrogen (secondary N) is 1. The Morgan fingerprint density at radius 1 is 1.04 bits per heavy atom. The number of pyridine rings is 1. The normalized spacial score (nSPS) is 10.3. The van der Waals surface area contributed by atoms with Gasteiger partial charge in [-0.05, 0) is 37.6 Å². The number of carbonyl (C=O) groups excluding carboxylic acids is 1. The Balaban J connectivity index is 1.76. The zero-order chi connectivity index (χ0) is 19.2. The van der Waals surface area contributed by atoms with E-state index < -0.39 is 5.97 Å². The summed E-state index contributed by atoms with van der Waals surface area (Å²) in [6.07, 6.45) is 5.08. The van der Waals surface area contributed by atoms with Crippen LogP contribution in [0.5, 0.6) is 5.75 Å². The van der Waals surface area contributed by atoms with Gasteiger partial charge >= 0.3 is 5.97 Å². The first-order valence-electron chi connectivity index (χ1n) is 8.48. The van der Waals surface area contributed by atoms with Gasteiger partial charge in [0.1, 0.15) is 5.75 Å². The van der Waals surface area contributed by atoms with E-state index in [-0.39, 0.29) is 0 Å². The highest BCUT2D eigenvalue weighted by atomic mass is 16.5. The predicted octanol–water partition coefficient (Wildman–Crippen LogP) is 3.78. The summed E-state index contributed by atoms with van der Waals surface area (Å²) in [7, 11) is 1.63. The van der Waals surface area contributed by atoms with E-state index in [0.29, 0.717) is 29.5 Å².